The second-order valence-corrected chi connectivity index (χ2v) is 5.28. The quantitative estimate of drug-likeness (QED) is 0.886. The minimum absolute atomic E-state index is 0. The van der Waals surface area contributed by atoms with E-state index in [0.29, 0.717) is 16.4 Å². The molecule has 0 fully saturated rings. The number of hydrogen-bond donors (Lipinski definition) is 2. The molecule has 0 aliphatic rings. The average Bonchev–Trinajstić information content (AvgIpc) is 2.74. The van der Waals surface area contributed by atoms with Gasteiger partial charge in [-0.2, -0.15) is 0 Å². The number of nitrogens with zero attached hydrogens (tertiary/aromatic N) is 2. The van der Waals surface area contributed by atoms with Gasteiger partial charge in [-0.1, -0.05) is 6.92 Å². The average molecular weight is 349 g/mol. The molecular weight excluding hydrogens is 331 g/mol. The second-order valence-electron chi connectivity index (χ2n) is 4.20. The van der Waals surface area contributed by atoms with Crippen molar-refractivity contribution in [3.05, 3.63) is 33.9 Å². The number of carbonyl (C=O) groups is 1. The highest BCUT2D eigenvalue weighted by Crippen LogP contribution is 2.20. The Bertz CT molecular complexity index is 586. The van der Waals surface area contributed by atoms with Crippen molar-refractivity contribution in [3.8, 4) is 0 Å². The summed E-state index contributed by atoms with van der Waals surface area (Å²) in [5.41, 5.74) is 6.90. The van der Waals surface area contributed by atoms with E-state index in [0.717, 1.165) is 23.5 Å². The number of aryl methyl sites for hydroxylation is 2. The number of nitrogens with one attached hydrogen (secondary N) is 1. The smallest absolute Gasteiger partial charge is 0.267 e. The number of amides is 1. The Morgan fingerprint density at radius 3 is 2.67 bits per heavy atom. The van der Waals surface area contributed by atoms with Crippen LogP contribution in [0.4, 0.5) is 11.5 Å². The number of thiazole rings is 1. The highest BCUT2D eigenvalue weighted by Gasteiger charge is 2.15. The number of rotatable bonds is 4. The molecule has 0 aliphatic carbocycles. The maximum Gasteiger partial charge on any atom is 0.267 e. The number of anilines is 2. The van der Waals surface area contributed by atoms with Crippen molar-refractivity contribution in [2.75, 3.05) is 11.1 Å². The molecule has 21 heavy (non-hydrogen) atoms. The monoisotopic (exact) mass is 348 g/mol. The van der Waals surface area contributed by atoms with Gasteiger partial charge in [0.2, 0.25) is 0 Å². The predicted molar refractivity (Wildman–Crippen MR) is 91.9 cm³/mol. The van der Waals surface area contributed by atoms with Crippen LogP contribution in [0.2, 0.25) is 0 Å². The lowest BCUT2D eigenvalue weighted by molar-refractivity contribution is 0.103. The van der Waals surface area contributed by atoms with Gasteiger partial charge in [-0.15, -0.1) is 36.2 Å². The fraction of sp³-hybridized carbons (Fsp3) is 0.308. The van der Waals surface area contributed by atoms with Gasteiger partial charge in [0, 0.05) is 0 Å². The minimum Gasteiger partial charge on any atom is -0.384 e. The molecule has 2 rings (SSSR count). The standard InChI is InChI=1S/C13H16N4OS.2ClH/c1-3-4-11-16-8(2)12(19-11)13(18)17-9-5-6-10(14)15-7-9;;/h5-7H,3-4H2,1-2H3,(H2,14,15)(H,17,18);2*1H. The van der Waals surface area contributed by atoms with Gasteiger partial charge in [0.05, 0.1) is 22.6 Å². The van der Waals surface area contributed by atoms with E-state index < -0.39 is 0 Å². The molecule has 5 nitrogen and oxygen atoms in total. The molecule has 0 unspecified atom stereocenters. The SMILES string of the molecule is CCCc1nc(C)c(C(=O)Nc2ccc(N)nc2)s1.Cl.Cl. The van der Waals surface area contributed by atoms with E-state index in [1.807, 2.05) is 6.92 Å². The summed E-state index contributed by atoms with van der Waals surface area (Å²) in [6, 6.07) is 3.38. The van der Waals surface area contributed by atoms with Crippen molar-refractivity contribution in [2.24, 2.45) is 0 Å². The molecule has 0 saturated heterocycles. The van der Waals surface area contributed by atoms with Crippen LogP contribution in [-0.2, 0) is 6.42 Å². The molecule has 116 valence electrons. The molecular formula is C13H18Cl2N4OS. The van der Waals surface area contributed by atoms with Gasteiger partial charge in [0.1, 0.15) is 10.7 Å². The molecule has 1 amide bonds. The lowest BCUT2D eigenvalue weighted by Gasteiger charge is -2.03. The fourth-order valence-electron chi connectivity index (χ4n) is 1.65. The van der Waals surface area contributed by atoms with Crippen LogP contribution in [0.3, 0.4) is 0 Å². The third-order valence-corrected chi connectivity index (χ3v) is 3.77. The number of pyridine rings is 1. The molecule has 2 aromatic rings. The molecule has 0 aromatic carbocycles. The first-order valence-electron chi connectivity index (χ1n) is 6.09. The van der Waals surface area contributed by atoms with Crippen LogP contribution in [0, 0.1) is 6.92 Å². The van der Waals surface area contributed by atoms with Gasteiger partial charge in [0.25, 0.3) is 5.91 Å². The first-order chi connectivity index (χ1) is 9.10. The first kappa shape index (κ1) is 19.6. The Labute approximate surface area is 140 Å². The molecule has 0 saturated carbocycles. The second kappa shape index (κ2) is 8.81. The summed E-state index contributed by atoms with van der Waals surface area (Å²) in [4.78, 5) is 21.1. The summed E-state index contributed by atoms with van der Waals surface area (Å²) in [5, 5.41) is 3.80. The largest absolute Gasteiger partial charge is 0.384 e. The van der Waals surface area contributed by atoms with E-state index in [2.05, 4.69) is 22.2 Å². The van der Waals surface area contributed by atoms with Crippen LogP contribution < -0.4 is 11.1 Å². The van der Waals surface area contributed by atoms with E-state index in [-0.39, 0.29) is 30.7 Å². The maximum absolute atomic E-state index is 12.1. The number of halogens is 2. The van der Waals surface area contributed by atoms with Crippen molar-refractivity contribution < 1.29 is 4.79 Å². The lowest BCUT2D eigenvalue weighted by Crippen LogP contribution is -2.11. The topological polar surface area (TPSA) is 80.9 Å². The molecule has 3 N–H and O–H groups in total. The summed E-state index contributed by atoms with van der Waals surface area (Å²) >= 11 is 1.45. The Morgan fingerprint density at radius 2 is 2.10 bits per heavy atom. The third kappa shape index (κ3) is 5.15. The van der Waals surface area contributed by atoms with Crippen molar-refractivity contribution in [2.45, 2.75) is 26.7 Å². The highest BCUT2D eigenvalue weighted by molar-refractivity contribution is 7.13. The van der Waals surface area contributed by atoms with E-state index in [9.17, 15) is 4.79 Å². The van der Waals surface area contributed by atoms with E-state index >= 15 is 0 Å². The van der Waals surface area contributed by atoms with Gasteiger partial charge >= 0.3 is 0 Å². The van der Waals surface area contributed by atoms with E-state index in [1.165, 1.54) is 17.5 Å². The number of carbonyl (C=O) groups excluding carboxylic acids is 1. The van der Waals surface area contributed by atoms with Gasteiger partial charge in [-0.05, 0) is 31.9 Å². The minimum atomic E-state index is -0.149. The summed E-state index contributed by atoms with van der Waals surface area (Å²) in [6.45, 7) is 3.95. The number of nitrogen functional groups attached to an aromatic ring is 1. The van der Waals surface area contributed by atoms with Crippen LogP contribution in [-0.4, -0.2) is 15.9 Å². The van der Waals surface area contributed by atoms with Crippen LogP contribution in [0.5, 0.6) is 0 Å². The van der Waals surface area contributed by atoms with Crippen molar-refractivity contribution in [1.29, 1.82) is 0 Å². The third-order valence-electron chi connectivity index (χ3n) is 2.56. The Balaban J connectivity index is 0.00000200. The van der Waals surface area contributed by atoms with Crippen LogP contribution in [0.1, 0.15) is 33.7 Å². The molecule has 0 atom stereocenters. The molecule has 0 spiro atoms. The molecule has 8 heteroatoms. The molecule has 2 aromatic heterocycles. The normalized spacial score (nSPS) is 9.43. The Hall–Kier alpha value is -1.37. The zero-order chi connectivity index (χ0) is 13.8. The van der Waals surface area contributed by atoms with Gasteiger partial charge in [-0.25, -0.2) is 9.97 Å². The highest BCUT2D eigenvalue weighted by atomic mass is 35.5. The van der Waals surface area contributed by atoms with Crippen LogP contribution in [0.25, 0.3) is 0 Å². The molecule has 0 aliphatic heterocycles. The van der Waals surface area contributed by atoms with Crippen LogP contribution in [0.15, 0.2) is 18.3 Å². The van der Waals surface area contributed by atoms with Crippen molar-refractivity contribution in [3.63, 3.8) is 0 Å². The molecule has 2 heterocycles. The zero-order valence-electron chi connectivity index (χ0n) is 11.8. The summed E-state index contributed by atoms with van der Waals surface area (Å²) in [6.07, 6.45) is 3.47. The maximum atomic E-state index is 12.1. The van der Waals surface area contributed by atoms with Gasteiger partial charge in [0.15, 0.2) is 0 Å². The summed E-state index contributed by atoms with van der Waals surface area (Å²) in [5.74, 6) is 0.279. The zero-order valence-corrected chi connectivity index (χ0v) is 14.2. The fourth-order valence-corrected chi connectivity index (χ4v) is 2.71. The van der Waals surface area contributed by atoms with E-state index in [4.69, 9.17) is 5.73 Å². The van der Waals surface area contributed by atoms with Gasteiger partial charge in [-0.3, -0.25) is 4.79 Å². The first-order valence-corrected chi connectivity index (χ1v) is 6.91. The van der Waals surface area contributed by atoms with Crippen LogP contribution >= 0.6 is 36.2 Å². The van der Waals surface area contributed by atoms with Crippen molar-refractivity contribution >= 4 is 53.6 Å². The summed E-state index contributed by atoms with van der Waals surface area (Å²) in [7, 11) is 0. The molecule has 0 bridgehead atoms. The number of nitrogens with two attached hydrogens (primary N) is 1. The van der Waals surface area contributed by atoms with Gasteiger partial charge < -0.3 is 11.1 Å². The van der Waals surface area contributed by atoms with E-state index in [1.54, 1.807) is 12.1 Å². The Kier molecular flexibility index (Phi) is 8.24. The lowest BCUT2D eigenvalue weighted by atomic mass is 10.3. The number of aromatic nitrogens is 2. The van der Waals surface area contributed by atoms with Crippen molar-refractivity contribution in [1.82, 2.24) is 9.97 Å². The molecule has 0 radical (unpaired) electrons. The summed E-state index contributed by atoms with van der Waals surface area (Å²) < 4.78 is 0. The Morgan fingerprint density at radius 1 is 1.38 bits per heavy atom. The number of hydrogen-bond acceptors (Lipinski definition) is 5. The predicted octanol–water partition coefficient (Wildman–Crippen LogP) is 3.48.